The zero-order chi connectivity index (χ0) is 19.9. The van der Waals surface area contributed by atoms with Crippen LogP contribution >= 0.6 is 0 Å². The topological polar surface area (TPSA) is 75.7 Å². The molecular weight excluding hydrogens is 364 g/mol. The lowest BCUT2D eigenvalue weighted by molar-refractivity contribution is -0.121. The maximum Gasteiger partial charge on any atom is 0.232 e. The molecule has 1 N–H and O–H groups in total. The van der Waals surface area contributed by atoms with Gasteiger partial charge < -0.3 is 10.1 Å². The number of para-hydroxylation sites is 2. The largest absolute Gasteiger partial charge is 0.496 e. The van der Waals surface area contributed by atoms with Crippen LogP contribution in [-0.2, 0) is 21.4 Å². The van der Waals surface area contributed by atoms with Gasteiger partial charge in [0.05, 0.1) is 19.1 Å². The van der Waals surface area contributed by atoms with E-state index >= 15 is 0 Å². The highest BCUT2D eigenvalue weighted by molar-refractivity contribution is 7.92. The fraction of sp³-hybridized carbons (Fsp3) is 0.350. The van der Waals surface area contributed by atoms with E-state index in [-0.39, 0.29) is 18.9 Å². The van der Waals surface area contributed by atoms with E-state index in [1.165, 1.54) is 10.6 Å². The highest BCUT2D eigenvalue weighted by atomic mass is 32.2. The number of anilines is 1. The van der Waals surface area contributed by atoms with Crippen LogP contribution in [0.5, 0.6) is 5.75 Å². The number of aryl methyl sites for hydroxylation is 1. The van der Waals surface area contributed by atoms with Crippen molar-refractivity contribution >= 4 is 21.6 Å². The van der Waals surface area contributed by atoms with E-state index in [9.17, 15) is 13.2 Å². The zero-order valence-corrected chi connectivity index (χ0v) is 16.8. The molecule has 1 amide bonds. The average Bonchev–Trinajstić information content (AvgIpc) is 2.63. The highest BCUT2D eigenvalue weighted by Gasteiger charge is 2.19. The molecule has 0 radical (unpaired) electrons. The number of methoxy groups -OCH3 is 1. The van der Waals surface area contributed by atoms with Gasteiger partial charge in [-0.3, -0.25) is 9.10 Å². The molecule has 0 aliphatic heterocycles. The number of rotatable bonds is 9. The molecule has 146 valence electrons. The molecule has 0 bridgehead atoms. The summed E-state index contributed by atoms with van der Waals surface area (Å²) in [5, 5.41) is 2.85. The van der Waals surface area contributed by atoms with Gasteiger partial charge in [0, 0.05) is 25.1 Å². The average molecular weight is 391 g/mol. The second-order valence-corrected chi connectivity index (χ2v) is 8.22. The Labute approximate surface area is 161 Å². The van der Waals surface area contributed by atoms with Crippen LogP contribution in [0.15, 0.2) is 48.5 Å². The maximum absolute atomic E-state index is 12.2. The van der Waals surface area contributed by atoms with Crippen LogP contribution in [-0.4, -0.2) is 34.2 Å². The fourth-order valence-corrected chi connectivity index (χ4v) is 3.85. The molecule has 7 heteroatoms. The fourth-order valence-electron chi connectivity index (χ4n) is 2.82. The minimum Gasteiger partial charge on any atom is -0.496 e. The van der Waals surface area contributed by atoms with Crippen molar-refractivity contribution in [2.24, 2.45) is 0 Å². The predicted molar refractivity (Wildman–Crippen MR) is 107 cm³/mol. The summed E-state index contributed by atoms with van der Waals surface area (Å²) in [5.74, 6) is 0.597. The van der Waals surface area contributed by atoms with Gasteiger partial charge in [0.2, 0.25) is 15.9 Å². The first-order chi connectivity index (χ1) is 12.8. The number of carbonyl (C=O) groups is 1. The third kappa shape index (κ3) is 5.99. The number of nitrogens with one attached hydrogen (secondary N) is 1. The number of nitrogens with zero attached hydrogens (tertiary/aromatic N) is 1. The molecule has 0 spiro atoms. The Kier molecular flexibility index (Phi) is 7.24. The lowest BCUT2D eigenvalue weighted by Crippen LogP contribution is -2.32. The molecule has 0 fully saturated rings. The summed E-state index contributed by atoms with van der Waals surface area (Å²) in [6.07, 6.45) is 1.85. The van der Waals surface area contributed by atoms with Crippen molar-refractivity contribution in [2.45, 2.75) is 26.3 Å². The summed E-state index contributed by atoms with van der Waals surface area (Å²) in [6, 6.07) is 14.8. The third-order valence-electron chi connectivity index (χ3n) is 4.22. The van der Waals surface area contributed by atoms with Gasteiger partial charge in [0.25, 0.3) is 0 Å². The molecule has 0 aliphatic rings. The third-order valence-corrected chi connectivity index (χ3v) is 5.40. The Bertz CT molecular complexity index is 881. The van der Waals surface area contributed by atoms with Crippen LogP contribution in [0.4, 0.5) is 5.69 Å². The molecule has 0 atom stereocenters. The molecule has 6 nitrogen and oxygen atoms in total. The smallest absolute Gasteiger partial charge is 0.232 e. The van der Waals surface area contributed by atoms with Gasteiger partial charge >= 0.3 is 0 Å². The van der Waals surface area contributed by atoms with Crippen molar-refractivity contribution in [3.05, 3.63) is 59.7 Å². The number of sulfonamides is 1. The summed E-state index contributed by atoms with van der Waals surface area (Å²) in [7, 11) is -1.83. The monoisotopic (exact) mass is 390 g/mol. The van der Waals surface area contributed by atoms with Gasteiger partial charge in [-0.1, -0.05) is 36.4 Å². The van der Waals surface area contributed by atoms with Crippen molar-refractivity contribution in [2.75, 3.05) is 24.2 Å². The summed E-state index contributed by atoms with van der Waals surface area (Å²) in [4.78, 5) is 12.1. The van der Waals surface area contributed by atoms with Crippen LogP contribution in [0.25, 0.3) is 0 Å². The summed E-state index contributed by atoms with van der Waals surface area (Å²) < 4.78 is 30.9. The van der Waals surface area contributed by atoms with E-state index < -0.39 is 10.0 Å². The summed E-state index contributed by atoms with van der Waals surface area (Å²) >= 11 is 0. The zero-order valence-electron chi connectivity index (χ0n) is 15.9. The van der Waals surface area contributed by atoms with Crippen LogP contribution in [0.3, 0.4) is 0 Å². The first-order valence-electron chi connectivity index (χ1n) is 8.75. The Balaban J connectivity index is 1.91. The minimum atomic E-state index is -3.42. The Morgan fingerprint density at radius 3 is 2.44 bits per heavy atom. The van der Waals surface area contributed by atoms with Crippen molar-refractivity contribution in [1.29, 1.82) is 0 Å². The van der Waals surface area contributed by atoms with Crippen molar-refractivity contribution < 1.29 is 17.9 Å². The van der Waals surface area contributed by atoms with E-state index in [4.69, 9.17) is 4.74 Å². The Hall–Kier alpha value is -2.54. The minimum absolute atomic E-state index is 0.126. The Morgan fingerprint density at radius 2 is 1.78 bits per heavy atom. The van der Waals surface area contributed by atoms with Crippen LogP contribution in [0, 0.1) is 6.92 Å². The first-order valence-corrected chi connectivity index (χ1v) is 10.6. The number of ether oxygens (including phenoxy) is 1. The van der Waals surface area contributed by atoms with Gasteiger partial charge in [-0.2, -0.15) is 0 Å². The predicted octanol–water partition coefficient (Wildman–Crippen LogP) is 2.87. The molecule has 0 saturated heterocycles. The molecule has 0 heterocycles. The molecule has 2 aromatic rings. The number of hydrogen-bond donors (Lipinski definition) is 1. The lowest BCUT2D eigenvalue weighted by Gasteiger charge is -2.24. The second-order valence-electron chi connectivity index (χ2n) is 6.31. The molecule has 2 rings (SSSR count). The highest BCUT2D eigenvalue weighted by Crippen LogP contribution is 2.22. The van der Waals surface area contributed by atoms with Gasteiger partial charge in [0.15, 0.2) is 0 Å². The normalized spacial score (nSPS) is 11.1. The van der Waals surface area contributed by atoms with Gasteiger partial charge in [-0.05, 0) is 31.0 Å². The van der Waals surface area contributed by atoms with E-state index in [1.807, 2.05) is 43.3 Å². The second kappa shape index (κ2) is 9.41. The molecule has 0 aliphatic carbocycles. The molecular formula is C20H26N2O4S. The number of benzene rings is 2. The van der Waals surface area contributed by atoms with E-state index in [2.05, 4.69) is 5.32 Å². The van der Waals surface area contributed by atoms with Crippen molar-refractivity contribution in [3.8, 4) is 5.75 Å². The SMILES string of the molecule is COc1ccccc1CNC(=O)CCCN(c1ccccc1C)S(C)(=O)=O. The van der Waals surface area contributed by atoms with Crippen molar-refractivity contribution in [1.82, 2.24) is 5.32 Å². The molecule has 27 heavy (non-hydrogen) atoms. The van der Waals surface area contributed by atoms with Crippen LogP contribution in [0.1, 0.15) is 24.0 Å². The number of hydrogen-bond acceptors (Lipinski definition) is 4. The molecule has 0 aromatic heterocycles. The number of carbonyl (C=O) groups excluding carboxylic acids is 1. The maximum atomic E-state index is 12.2. The van der Waals surface area contributed by atoms with E-state index in [0.717, 1.165) is 16.9 Å². The molecule has 2 aromatic carbocycles. The standard InChI is InChI=1S/C20H26N2O4S/c1-16-9-4-6-11-18(16)22(27(3,24)25)14-8-13-20(23)21-15-17-10-5-7-12-19(17)26-2/h4-7,9-12H,8,13-15H2,1-3H3,(H,21,23). The van der Waals surface area contributed by atoms with E-state index in [1.54, 1.807) is 19.2 Å². The van der Waals surface area contributed by atoms with Crippen molar-refractivity contribution in [3.63, 3.8) is 0 Å². The van der Waals surface area contributed by atoms with Gasteiger partial charge in [-0.15, -0.1) is 0 Å². The first kappa shape index (κ1) is 20.8. The quantitative estimate of drug-likeness (QED) is 0.714. The number of amides is 1. The van der Waals surface area contributed by atoms with Gasteiger partial charge in [0.1, 0.15) is 5.75 Å². The molecule has 0 unspecified atom stereocenters. The Morgan fingerprint density at radius 1 is 1.11 bits per heavy atom. The molecule has 0 saturated carbocycles. The summed E-state index contributed by atoms with van der Waals surface area (Å²) in [5.41, 5.74) is 2.42. The summed E-state index contributed by atoms with van der Waals surface area (Å²) in [6.45, 7) is 2.50. The lowest BCUT2D eigenvalue weighted by atomic mass is 10.2. The van der Waals surface area contributed by atoms with Crippen LogP contribution in [0.2, 0.25) is 0 Å². The van der Waals surface area contributed by atoms with E-state index in [0.29, 0.717) is 18.7 Å². The van der Waals surface area contributed by atoms with Gasteiger partial charge in [-0.25, -0.2) is 8.42 Å². The van der Waals surface area contributed by atoms with Crippen LogP contribution < -0.4 is 14.4 Å².